The summed E-state index contributed by atoms with van der Waals surface area (Å²) >= 11 is 5.69. The van der Waals surface area contributed by atoms with Crippen LogP contribution in [-0.4, -0.2) is 22.1 Å². The SMILES string of the molecule is O=C(Nc1ccc(Cl)cn1)N[C@@H](C(=O)O)c1ccccc1. The lowest BCUT2D eigenvalue weighted by Crippen LogP contribution is -2.36. The minimum atomic E-state index is -1.15. The fourth-order valence-corrected chi connectivity index (χ4v) is 1.78. The number of anilines is 1. The summed E-state index contributed by atoms with van der Waals surface area (Å²) in [5.74, 6) is -0.880. The van der Waals surface area contributed by atoms with E-state index in [1.807, 2.05) is 0 Å². The Labute approximate surface area is 125 Å². The van der Waals surface area contributed by atoms with E-state index in [0.717, 1.165) is 0 Å². The van der Waals surface area contributed by atoms with Gasteiger partial charge in [0.1, 0.15) is 5.82 Å². The number of hydrogen-bond donors (Lipinski definition) is 3. The monoisotopic (exact) mass is 305 g/mol. The topological polar surface area (TPSA) is 91.3 Å². The van der Waals surface area contributed by atoms with E-state index < -0.39 is 18.0 Å². The second-order valence-electron chi connectivity index (χ2n) is 4.14. The van der Waals surface area contributed by atoms with Crippen molar-refractivity contribution in [1.82, 2.24) is 10.3 Å². The molecular formula is C14H12ClN3O3. The third-order valence-corrected chi connectivity index (χ3v) is 2.85. The van der Waals surface area contributed by atoms with E-state index >= 15 is 0 Å². The van der Waals surface area contributed by atoms with Crippen molar-refractivity contribution in [2.75, 3.05) is 5.32 Å². The third kappa shape index (κ3) is 4.19. The maximum absolute atomic E-state index is 11.8. The molecule has 0 bridgehead atoms. The van der Waals surface area contributed by atoms with Crippen LogP contribution in [0.5, 0.6) is 0 Å². The van der Waals surface area contributed by atoms with Gasteiger partial charge in [0.15, 0.2) is 6.04 Å². The largest absolute Gasteiger partial charge is 0.479 e. The Balaban J connectivity index is 2.05. The number of benzene rings is 1. The molecule has 108 valence electrons. The van der Waals surface area contributed by atoms with Crippen LogP contribution in [0.4, 0.5) is 10.6 Å². The van der Waals surface area contributed by atoms with E-state index in [9.17, 15) is 14.7 Å². The fourth-order valence-electron chi connectivity index (χ4n) is 1.67. The second kappa shape index (κ2) is 6.71. The van der Waals surface area contributed by atoms with Crippen LogP contribution in [0.1, 0.15) is 11.6 Å². The first-order valence-electron chi connectivity index (χ1n) is 6.03. The van der Waals surface area contributed by atoms with Gasteiger partial charge >= 0.3 is 12.0 Å². The van der Waals surface area contributed by atoms with E-state index in [0.29, 0.717) is 10.6 Å². The summed E-state index contributed by atoms with van der Waals surface area (Å²) in [6, 6.07) is 9.69. The van der Waals surface area contributed by atoms with E-state index in [1.54, 1.807) is 36.4 Å². The van der Waals surface area contributed by atoms with Crippen LogP contribution in [-0.2, 0) is 4.79 Å². The zero-order valence-corrected chi connectivity index (χ0v) is 11.5. The maximum atomic E-state index is 11.8. The molecule has 2 aromatic rings. The lowest BCUT2D eigenvalue weighted by molar-refractivity contribution is -0.139. The number of aliphatic carboxylic acids is 1. The number of halogens is 1. The zero-order chi connectivity index (χ0) is 15.2. The van der Waals surface area contributed by atoms with E-state index in [1.165, 1.54) is 12.3 Å². The van der Waals surface area contributed by atoms with Gasteiger partial charge in [-0.2, -0.15) is 0 Å². The van der Waals surface area contributed by atoms with Gasteiger partial charge in [0.05, 0.1) is 5.02 Å². The molecule has 1 aromatic heterocycles. The number of nitrogens with zero attached hydrogens (tertiary/aromatic N) is 1. The Morgan fingerprint density at radius 3 is 2.43 bits per heavy atom. The molecule has 1 heterocycles. The number of amides is 2. The summed E-state index contributed by atoms with van der Waals surface area (Å²) in [6.45, 7) is 0. The molecule has 0 unspecified atom stereocenters. The first-order valence-corrected chi connectivity index (χ1v) is 6.41. The maximum Gasteiger partial charge on any atom is 0.330 e. The van der Waals surface area contributed by atoms with Gasteiger partial charge < -0.3 is 10.4 Å². The van der Waals surface area contributed by atoms with Gasteiger partial charge in [-0.1, -0.05) is 41.9 Å². The number of carboxylic acid groups (broad SMARTS) is 1. The molecule has 0 aliphatic carbocycles. The van der Waals surface area contributed by atoms with Gasteiger partial charge in [-0.05, 0) is 17.7 Å². The predicted molar refractivity (Wildman–Crippen MR) is 78.2 cm³/mol. The standard InChI is InChI=1S/C14H12ClN3O3/c15-10-6-7-11(16-8-10)17-14(21)18-12(13(19)20)9-4-2-1-3-5-9/h1-8,12H,(H,19,20)(H2,16,17,18,21)/t12-/m1/s1. The molecule has 0 spiro atoms. The van der Waals surface area contributed by atoms with Crippen LogP contribution >= 0.6 is 11.6 Å². The van der Waals surface area contributed by atoms with Crippen LogP contribution < -0.4 is 10.6 Å². The van der Waals surface area contributed by atoms with Gasteiger partial charge in [-0.25, -0.2) is 14.6 Å². The summed E-state index contributed by atoms with van der Waals surface area (Å²) in [7, 11) is 0. The zero-order valence-electron chi connectivity index (χ0n) is 10.8. The molecule has 6 nitrogen and oxygen atoms in total. The molecule has 0 radical (unpaired) electrons. The first-order chi connectivity index (χ1) is 10.1. The second-order valence-corrected chi connectivity index (χ2v) is 4.58. The number of carbonyl (C=O) groups is 2. The molecule has 2 amide bonds. The highest BCUT2D eigenvalue weighted by atomic mass is 35.5. The third-order valence-electron chi connectivity index (χ3n) is 2.62. The molecule has 3 N–H and O–H groups in total. The van der Waals surface area contributed by atoms with Crippen LogP contribution in [0, 0.1) is 0 Å². The van der Waals surface area contributed by atoms with Crippen LogP contribution in [0.25, 0.3) is 0 Å². The molecule has 0 fully saturated rings. The van der Waals surface area contributed by atoms with E-state index in [-0.39, 0.29) is 5.82 Å². The van der Waals surface area contributed by atoms with Crippen molar-refractivity contribution in [3.8, 4) is 0 Å². The number of aromatic nitrogens is 1. The average molecular weight is 306 g/mol. The van der Waals surface area contributed by atoms with E-state index in [2.05, 4.69) is 15.6 Å². The van der Waals surface area contributed by atoms with Gasteiger partial charge in [0, 0.05) is 6.20 Å². The molecule has 1 atom stereocenters. The number of urea groups is 1. The number of hydrogen-bond acceptors (Lipinski definition) is 3. The van der Waals surface area contributed by atoms with Crippen LogP contribution in [0.3, 0.4) is 0 Å². The van der Waals surface area contributed by atoms with Gasteiger partial charge in [-0.3, -0.25) is 5.32 Å². The number of carbonyl (C=O) groups excluding carboxylic acids is 1. The van der Waals surface area contributed by atoms with Gasteiger partial charge in [0.25, 0.3) is 0 Å². The lowest BCUT2D eigenvalue weighted by atomic mass is 10.1. The number of pyridine rings is 1. The quantitative estimate of drug-likeness (QED) is 0.810. The van der Waals surface area contributed by atoms with Crippen molar-refractivity contribution in [2.45, 2.75) is 6.04 Å². The highest BCUT2D eigenvalue weighted by Crippen LogP contribution is 2.13. The first kappa shape index (κ1) is 14.8. The molecular weight excluding hydrogens is 294 g/mol. The minimum Gasteiger partial charge on any atom is -0.479 e. The normalized spacial score (nSPS) is 11.5. The molecule has 0 aliphatic heterocycles. The van der Waals surface area contributed by atoms with Crippen LogP contribution in [0.15, 0.2) is 48.7 Å². The van der Waals surface area contributed by atoms with Crippen LogP contribution in [0.2, 0.25) is 5.02 Å². The Bertz CT molecular complexity index is 632. The number of rotatable bonds is 4. The summed E-state index contributed by atoms with van der Waals surface area (Å²) in [6.07, 6.45) is 1.38. The van der Waals surface area contributed by atoms with Crippen molar-refractivity contribution >= 4 is 29.4 Å². The van der Waals surface area contributed by atoms with E-state index in [4.69, 9.17) is 11.6 Å². The smallest absolute Gasteiger partial charge is 0.330 e. The predicted octanol–water partition coefficient (Wildman–Crippen LogP) is 2.68. The van der Waals surface area contributed by atoms with Crippen molar-refractivity contribution in [3.63, 3.8) is 0 Å². The van der Waals surface area contributed by atoms with Crippen molar-refractivity contribution in [2.24, 2.45) is 0 Å². The molecule has 21 heavy (non-hydrogen) atoms. The number of carboxylic acids is 1. The minimum absolute atomic E-state index is 0.272. The molecule has 1 aromatic carbocycles. The number of nitrogens with one attached hydrogen (secondary N) is 2. The Hall–Kier alpha value is -2.60. The van der Waals surface area contributed by atoms with Gasteiger partial charge in [-0.15, -0.1) is 0 Å². The van der Waals surface area contributed by atoms with Gasteiger partial charge in [0.2, 0.25) is 0 Å². The fraction of sp³-hybridized carbons (Fsp3) is 0.0714. The Morgan fingerprint density at radius 1 is 1.14 bits per heavy atom. The molecule has 7 heteroatoms. The highest BCUT2D eigenvalue weighted by Gasteiger charge is 2.21. The Kier molecular flexibility index (Phi) is 4.73. The molecule has 0 saturated carbocycles. The van der Waals surface area contributed by atoms with Crippen molar-refractivity contribution in [3.05, 3.63) is 59.2 Å². The summed E-state index contributed by atoms with van der Waals surface area (Å²) in [4.78, 5) is 27.0. The molecule has 2 rings (SSSR count). The highest BCUT2D eigenvalue weighted by molar-refractivity contribution is 6.30. The average Bonchev–Trinajstić information content (AvgIpc) is 2.48. The summed E-state index contributed by atoms with van der Waals surface area (Å²) < 4.78 is 0. The lowest BCUT2D eigenvalue weighted by Gasteiger charge is -2.15. The summed E-state index contributed by atoms with van der Waals surface area (Å²) in [5, 5.41) is 14.5. The molecule has 0 aliphatic rings. The molecule has 0 saturated heterocycles. The summed E-state index contributed by atoms with van der Waals surface area (Å²) in [5.41, 5.74) is 0.476. The Morgan fingerprint density at radius 2 is 1.86 bits per heavy atom. The van der Waals surface area contributed by atoms with Crippen molar-refractivity contribution < 1.29 is 14.7 Å². The van der Waals surface area contributed by atoms with Crippen molar-refractivity contribution in [1.29, 1.82) is 0 Å².